The van der Waals surface area contributed by atoms with Crippen LogP contribution in [0.2, 0.25) is 0 Å². The maximum Gasteiger partial charge on any atom is 0.0374 e. The van der Waals surface area contributed by atoms with Crippen LogP contribution in [0.4, 0.5) is 0 Å². The van der Waals surface area contributed by atoms with Gasteiger partial charge in [0.05, 0.1) is 0 Å². The molecule has 2 N–H and O–H groups in total. The second-order valence-electron chi connectivity index (χ2n) is 5.52. The zero-order chi connectivity index (χ0) is 13.0. The van der Waals surface area contributed by atoms with E-state index in [0.717, 1.165) is 19.5 Å². The van der Waals surface area contributed by atoms with E-state index in [-0.39, 0.29) is 6.04 Å². The molecule has 0 aromatic heterocycles. The van der Waals surface area contributed by atoms with E-state index < -0.39 is 0 Å². The predicted octanol–water partition coefficient (Wildman–Crippen LogP) is 1.19. The second kappa shape index (κ2) is 6.32. The van der Waals surface area contributed by atoms with Crippen LogP contribution in [-0.4, -0.2) is 55.6 Å². The van der Waals surface area contributed by atoms with Crippen molar-refractivity contribution >= 4 is 0 Å². The Morgan fingerprint density at radius 3 is 2.67 bits per heavy atom. The Kier molecular flexibility index (Phi) is 4.75. The van der Waals surface area contributed by atoms with Crippen LogP contribution in [0.1, 0.15) is 12.0 Å². The average Bonchev–Trinajstić information content (AvgIpc) is 2.52. The lowest BCUT2D eigenvalue weighted by Crippen LogP contribution is -2.51. The Hall–Kier alpha value is -0.900. The Bertz CT molecular complexity index is 352. The van der Waals surface area contributed by atoms with Crippen LogP contribution in [0.25, 0.3) is 0 Å². The van der Waals surface area contributed by atoms with E-state index in [1.807, 2.05) is 0 Å². The molecule has 3 nitrogen and oxygen atoms in total. The van der Waals surface area contributed by atoms with Gasteiger partial charge in [0.15, 0.2) is 0 Å². The zero-order valence-corrected chi connectivity index (χ0v) is 11.5. The van der Waals surface area contributed by atoms with Crippen molar-refractivity contribution < 1.29 is 0 Å². The quantitative estimate of drug-likeness (QED) is 0.871. The maximum atomic E-state index is 6.43. The van der Waals surface area contributed by atoms with Gasteiger partial charge in [-0.15, -0.1) is 0 Å². The van der Waals surface area contributed by atoms with Gasteiger partial charge in [0, 0.05) is 18.6 Å². The van der Waals surface area contributed by atoms with Crippen molar-refractivity contribution in [3.8, 4) is 0 Å². The minimum absolute atomic E-state index is 0.206. The Morgan fingerprint density at radius 1 is 1.22 bits per heavy atom. The highest BCUT2D eigenvalue weighted by molar-refractivity contribution is 5.16. The van der Waals surface area contributed by atoms with Crippen LogP contribution in [0.15, 0.2) is 30.3 Å². The summed E-state index contributed by atoms with van der Waals surface area (Å²) < 4.78 is 0. The highest BCUT2D eigenvalue weighted by Gasteiger charge is 2.25. The van der Waals surface area contributed by atoms with Crippen molar-refractivity contribution in [2.45, 2.75) is 24.9 Å². The van der Waals surface area contributed by atoms with E-state index >= 15 is 0 Å². The van der Waals surface area contributed by atoms with Gasteiger partial charge >= 0.3 is 0 Å². The van der Waals surface area contributed by atoms with Crippen molar-refractivity contribution in [1.29, 1.82) is 0 Å². The van der Waals surface area contributed by atoms with E-state index in [4.69, 9.17) is 5.73 Å². The van der Waals surface area contributed by atoms with Crippen LogP contribution in [-0.2, 0) is 6.42 Å². The van der Waals surface area contributed by atoms with Gasteiger partial charge in [0.1, 0.15) is 0 Å². The molecule has 18 heavy (non-hydrogen) atoms. The van der Waals surface area contributed by atoms with E-state index in [1.54, 1.807) is 0 Å². The van der Waals surface area contributed by atoms with Crippen molar-refractivity contribution in [2.24, 2.45) is 5.73 Å². The molecule has 1 heterocycles. The molecule has 1 aliphatic heterocycles. The lowest BCUT2D eigenvalue weighted by atomic mass is 9.99. The van der Waals surface area contributed by atoms with Crippen LogP contribution in [0.5, 0.6) is 0 Å². The molecule has 100 valence electrons. The molecule has 0 saturated carbocycles. The smallest absolute Gasteiger partial charge is 0.0374 e. The summed E-state index contributed by atoms with van der Waals surface area (Å²) in [7, 11) is 4.40. The Balaban J connectivity index is 2.00. The molecule has 1 fully saturated rings. The first-order valence-electron chi connectivity index (χ1n) is 6.85. The fourth-order valence-electron chi connectivity index (χ4n) is 2.79. The highest BCUT2D eigenvalue weighted by atomic mass is 15.2. The molecule has 0 aliphatic carbocycles. The van der Waals surface area contributed by atoms with E-state index in [2.05, 4.69) is 54.2 Å². The molecule has 2 rings (SSSR count). The summed E-state index contributed by atoms with van der Waals surface area (Å²) >= 11 is 0. The van der Waals surface area contributed by atoms with Crippen LogP contribution in [0.3, 0.4) is 0 Å². The molecule has 0 amide bonds. The Morgan fingerprint density at radius 2 is 1.94 bits per heavy atom. The van der Waals surface area contributed by atoms with E-state index in [1.165, 1.54) is 18.5 Å². The van der Waals surface area contributed by atoms with Crippen molar-refractivity contribution in [2.75, 3.05) is 33.7 Å². The Labute approximate surface area is 111 Å². The lowest BCUT2D eigenvalue weighted by molar-refractivity contribution is 0.195. The number of likely N-dealkylation sites (N-methyl/N-ethyl adjacent to an activating group) is 2. The fourth-order valence-corrected chi connectivity index (χ4v) is 2.79. The first-order chi connectivity index (χ1) is 8.66. The standard InChI is InChI=1S/C15H25N3/c1-17-9-6-10-18(2)15(12-17)14(16)11-13-7-4-3-5-8-13/h3-5,7-8,14-15H,6,9-12,16H2,1-2H3. The summed E-state index contributed by atoms with van der Waals surface area (Å²) in [5, 5.41) is 0. The van der Waals surface area contributed by atoms with E-state index in [0.29, 0.717) is 6.04 Å². The topological polar surface area (TPSA) is 32.5 Å². The lowest BCUT2D eigenvalue weighted by Gasteiger charge is -2.32. The number of rotatable bonds is 3. The number of benzene rings is 1. The molecule has 2 atom stereocenters. The fraction of sp³-hybridized carbons (Fsp3) is 0.600. The summed E-state index contributed by atoms with van der Waals surface area (Å²) in [6, 6.07) is 11.2. The van der Waals surface area contributed by atoms with Gasteiger partial charge in [0.25, 0.3) is 0 Å². The van der Waals surface area contributed by atoms with Crippen molar-refractivity contribution in [3.05, 3.63) is 35.9 Å². The summed E-state index contributed by atoms with van der Waals surface area (Å²) in [5.41, 5.74) is 7.77. The van der Waals surface area contributed by atoms with Gasteiger partial charge in [0.2, 0.25) is 0 Å². The first kappa shape index (κ1) is 13.5. The van der Waals surface area contributed by atoms with Crippen molar-refractivity contribution in [3.63, 3.8) is 0 Å². The van der Waals surface area contributed by atoms with Crippen LogP contribution < -0.4 is 5.73 Å². The van der Waals surface area contributed by atoms with Crippen LogP contribution in [0, 0.1) is 0 Å². The third-order valence-electron chi connectivity index (χ3n) is 3.92. The number of nitrogens with two attached hydrogens (primary N) is 1. The summed E-state index contributed by atoms with van der Waals surface area (Å²) in [4.78, 5) is 4.83. The monoisotopic (exact) mass is 247 g/mol. The summed E-state index contributed by atoms with van der Waals surface area (Å²) in [6.45, 7) is 3.40. The maximum absolute atomic E-state index is 6.43. The number of nitrogens with zero attached hydrogens (tertiary/aromatic N) is 2. The van der Waals surface area contributed by atoms with Crippen LogP contribution >= 0.6 is 0 Å². The predicted molar refractivity (Wildman–Crippen MR) is 76.7 cm³/mol. The van der Waals surface area contributed by atoms with Gasteiger partial charge < -0.3 is 15.5 Å². The van der Waals surface area contributed by atoms with Crippen molar-refractivity contribution in [1.82, 2.24) is 9.80 Å². The molecule has 1 aromatic carbocycles. The molecular formula is C15H25N3. The first-order valence-corrected chi connectivity index (χ1v) is 6.85. The summed E-state index contributed by atoms with van der Waals surface area (Å²) in [6.07, 6.45) is 2.20. The normalized spacial score (nSPS) is 24.7. The SMILES string of the molecule is CN1CCCN(C)C(C(N)Cc2ccccc2)C1. The largest absolute Gasteiger partial charge is 0.326 e. The molecule has 3 heteroatoms. The molecule has 1 aromatic rings. The average molecular weight is 247 g/mol. The third kappa shape index (κ3) is 3.55. The second-order valence-corrected chi connectivity index (χ2v) is 5.52. The van der Waals surface area contributed by atoms with Gasteiger partial charge in [-0.05, 0) is 45.6 Å². The molecule has 0 radical (unpaired) electrons. The van der Waals surface area contributed by atoms with Gasteiger partial charge in [-0.2, -0.15) is 0 Å². The minimum Gasteiger partial charge on any atom is -0.326 e. The van der Waals surface area contributed by atoms with Gasteiger partial charge in [-0.1, -0.05) is 30.3 Å². The highest BCUT2D eigenvalue weighted by Crippen LogP contribution is 2.13. The van der Waals surface area contributed by atoms with E-state index in [9.17, 15) is 0 Å². The molecule has 2 unspecified atom stereocenters. The third-order valence-corrected chi connectivity index (χ3v) is 3.92. The molecule has 1 aliphatic rings. The minimum atomic E-state index is 0.206. The van der Waals surface area contributed by atoms with Gasteiger partial charge in [-0.3, -0.25) is 0 Å². The zero-order valence-electron chi connectivity index (χ0n) is 11.5. The summed E-state index contributed by atoms with van der Waals surface area (Å²) in [5.74, 6) is 0. The van der Waals surface area contributed by atoms with Gasteiger partial charge in [-0.25, -0.2) is 0 Å². The molecule has 1 saturated heterocycles. The number of hydrogen-bond acceptors (Lipinski definition) is 3. The molecule has 0 bridgehead atoms. The number of hydrogen-bond donors (Lipinski definition) is 1. The molecular weight excluding hydrogens is 222 g/mol. The molecule has 0 spiro atoms.